The third-order valence-corrected chi connectivity index (χ3v) is 3.84. The number of aliphatic hydroxyl groups is 1. The van der Waals surface area contributed by atoms with Gasteiger partial charge in [0.1, 0.15) is 11.4 Å². The third kappa shape index (κ3) is 2.75. The molecule has 1 heterocycles. The minimum atomic E-state index is -1.01. The molecule has 6 heteroatoms. The number of nitrogen functional groups attached to an aromatic ring is 1. The summed E-state index contributed by atoms with van der Waals surface area (Å²) < 4.78 is 27.5. The number of nitrogens with zero attached hydrogens (tertiary/aromatic N) is 1. The first-order chi connectivity index (χ1) is 9.41. The fourth-order valence-corrected chi connectivity index (χ4v) is 2.51. The fourth-order valence-electron chi connectivity index (χ4n) is 2.51. The molecule has 20 heavy (non-hydrogen) atoms. The molecule has 0 spiro atoms. The number of likely N-dealkylation sites (tertiary alicyclic amines) is 1. The van der Waals surface area contributed by atoms with Crippen molar-refractivity contribution in [3.63, 3.8) is 0 Å². The highest BCUT2D eigenvalue weighted by molar-refractivity contribution is 5.95. The zero-order valence-corrected chi connectivity index (χ0v) is 11.3. The summed E-state index contributed by atoms with van der Waals surface area (Å²) in [5.74, 6) is -2.47. The van der Waals surface area contributed by atoms with E-state index in [-0.39, 0.29) is 11.6 Å². The molecule has 1 fully saturated rings. The second-order valence-electron chi connectivity index (χ2n) is 5.20. The summed E-state index contributed by atoms with van der Waals surface area (Å²) in [6.07, 6.45) is 0.803. The molecule has 1 amide bonds. The largest absolute Gasteiger partial charge is 0.396 e. The van der Waals surface area contributed by atoms with Gasteiger partial charge in [-0.1, -0.05) is 0 Å². The lowest BCUT2D eigenvalue weighted by Crippen LogP contribution is -2.41. The van der Waals surface area contributed by atoms with Gasteiger partial charge in [-0.15, -0.1) is 0 Å². The quantitative estimate of drug-likeness (QED) is 0.814. The fraction of sp³-hybridized carbons (Fsp3) is 0.500. The van der Waals surface area contributed by atoms with Gasteiger partial charge in [0.15, 0.2) is 5.82 Å². The lowest BCUT2D eigenvalue weighted by atomic mass is 9.92. The summed E-state index contributed by atoms with van der Waals surface area (Å²) in [6.45, 7) is 2.46. The van der Waals surface area contributed by atoms with Crippen LogP contribution in [0.5, 0.6) is 0 Å². The highest BCUT2D eigenvalue weighted by Gasteiger charge is 2.29. The van der Waals surface area contributed by atoms with Crippen LogP contribution in [0.15, 0.2) is 12.1 Å². The number of hydrogen-bond donors (Lipinski definition) is 2. The van der Waals surface area contributed by atoms with Crippen molar-refractivity contribution < 1.29 is 18.7 Å². The Bertz CT molecular complexity index is 512. The van der Waals surface area contributed by atoms with Gasteiger partial charge < -0.3 is 15.7 Å². The van der Waals surface area contributed by atoms with Crippen molar-refractivity contribution in [1.29, 1.82) is 0 Å². The SMILES string of the molecule is CC(O)C1CCN(C(=O)c2c(F)ccc(N)c2F)CC1. The number of carbonyl (C=O) groups is 1. The Hall–Kier alpha value is -1.69. The first-order valence-electron chi connectivity index (χ1n) is 6.62. The van der Waals surface area contributed by atoms with Gasteiger partial charge >= 0.3 is 0 Å². The molecule has 1 aliphatic rings. The van der Waals surface area contributed by atoms with Crippen molar-refractivity contribution >= 4 is 11.6 Å². The van der Waals surface area contributed by atoms with Crippen LogP contribution >= 0.6 is 0 Å². The first-order valence-corrected chi connectivity index (χ1v) is 6.62. The van der Waals surface area contributed by atoms with Crippen molar-refractivity contribution in [2.75, 3.05) is 18.8 Å². The topological polar surface area (TPSA) is 66.6 Å². The molecule has 4 nitrogen and oxygen atoms in total. The molecule has 1 atom stereocenters. The molecule has 110 valence electrons. The summed E-state index contributed by atoms with van der Waals surface area (Å²) in [5, 5.41) is 9.50. The van der Waals surface area contributed by atoms with Crippen LogP contribution in [0.25, 0.3) is 0 Å². The zero-order chi connectivity index (χ0) is 14.9. The van der Waals surface area contributed by atoms with Gasteiger partial charge in [-0.05, 0) is 37.8 Å². The first kappa shape index (κ1) is 14.7. The Morgan fingerprint density at radius 2 is 2.00 bits per heavy atom. The Morgan fingerprint density at radius 1 is 1.40 bits per heavy atom. The van der Waals surface area contributed by atoms with Crippen molar-refractivity contribution in [3.8, 4) is 0 Å². The second kappa shape index (κ2) is 5.75. The molecule has 3 N–H and O–H groups in total. The van der Waals surface area contributed by atoms with Crippen LogP contribution in [0.2, 0.25) is 0 Å². The van der Waals surface area contributed by atoms with Crippen molar-refractivity contribution in [2.24, 2.45) is 5.92 Å². The molecule has 0 saturated carbocycles. The number of anilines is 1. The average Bonchev–Trinajstić information content (AvgIpc) is 2.43. The summed E-state index contributed by atoms with van der Waals surface area (Å²) in [5.41, 5.74) is 4.53. The number of halogens is 2. The average molecular weight is 284 g/mol. The van der Waals surface area contributed by atoms with Crippen LogP contribution in [-0.2, 0) is 0 Å². The van der Waals surface area contributed by atoms with Crippen molar-refractivity contribution in [3.05, 3.63) is 29.3 Å². The van der Waals surface area contributed by atoms with E-state index in [4.69, 9.17) is 5.73 Å². The standard InChI is InChI=1S/C14H18F2N2O2/c1-8(19)9-4-6-18(7-5-9)14(20)12-10(15)2-3-11(17)13(12)16/h2-3,8-9,19H,4-7,17H2,1H3. The number of aliphatic hydroxyl groups excluding tert-OH is 1. The van der Waals surface area contributed by atoms with Gasteiger partial charge in [0.2, 0.25) is 0 Å². The second-order valence-corrected chi connectivity index (χ2v) is 5.20. The molecular weight excluding hydrogens is 266 g/mol. The van der Waals surface area contributed by atoms with E-state index in [1.165, 1.54) is 4.90 Å². The number of hydrogen-bond acceptors (Lipinski definition) is 3. The van der Waals surface area contributed by atoms with Gasteiger partial charge in [0, 0.05) is 13.1 Å². The van der Waals surface area contributed by atoms with E-state index < -0.39 is 29.2 Å². The van der Waals surface area contributed by atoms with E-state index in [9.17, 15) is 18.7 Å². The maximum Gasteiger partial charge on any atom is 0.259 e. The van der Waals surface area contributed by atoms with Crippen molar-refractivity contribution in [2.45, 2.75) is 25.9 Å². The van der Waals surface area contributed by atoms with Gasteiger partial charge in [0.05, 0.1) is 11.8 Å². The molecule has 1 aliphatic heterocycles. The number of rotatable bonds is 2. The smallest absolute Gasteiger partial charge is 0.259 e. The Kier molecular flexibility index (Phi) is 4.23. The maximum atomic E-state index is 13.8. The third-order valence-electron chi connectivity index (χ3n) is 3.84. The van der Waals surface area contributed by atoms with E-state index >= 15 is 0 Å². The van der Waals surface area contributed by atoms with Crippen LogP contribution < -0.4 is 5.73 Å². The van der Waals surface area contributed by atoms with E-state index in [0.29, 0.717) is 25.9 Å². The Labute approximate surface area is 116 Å². The number of benzene rings is 1. The summed E-state index contributed by atoms with van der Waals surface area (Å²) in [7, 11) is 0. The number of amides is 1. The zero-order valence-electron chi connectivity index (χ0n) is 11.3. The van der Waals surface area contributed by atoms with Gasteiger partial charge in [0.25, 0.3) is 5.91 Å². The van der Waals surface area contributed by atoms with E-state index in [2.05, 4.69) is 0 Å². The normalized spacial score (nSPS) is 18.1. The Morgan fingerprint density at radius 3 is 2.55 bits per heavy atom. The van der Waals surface area contributed by atoms with Crippen LogP contribution in [0.3, 0.4) is 0 Å². The van der Waals surface area contributed by atoms with Crippen molar-refractivity contribution in [1.82, 2.24) is 4.90 Å². The predicted molar refractivity (Wildman–Crippen MR) is 71.1 cm³/mol. The summed E-state index contributed by atoms with van der Waals surface area (Å²) in [6, 6.07) is 2.09. The molecule has 1 unspecified atom stereocenters. The van der Waals surface area contributed by atoms with Crippen LogP contribution in [0, 0.1) is 17.6 Å². The van der Waals surface area contributed by atoms with Crippen LogP contribution in [0.4, 0.5) is 14.5 Å². The minimum Gasteiger partial charge on any atom is -0.396 e. The molecule has 0 aromatic heterocycles. The molecule has 2 rings (SSSR count). The molecule has 0 bridgehead atoms. The highest BCUT2D eigenvalue weighted by atomic mass is 19.1. The lowest BCUT2D eigenvalue weighted by molar-refractivity contribution is 0.0514. The van der Waals surface area contributed by atoms with E-state index in [1.54, 1.807) is 6.92 Å². The van der Waals surface area contributed by atoms with Crippen LogP contribution in [0.1, 0.15) is 30.1 Å². The van der Waals surface area contributed by atoms with E-state index in [1.807, 2.05) is 0 Å². The maximum absolute atomic E-state index is 13.8. The Balaban J connectivity index is 2.16. The molecule has 0 aliphatic carbocycles. The predicted octanol–water partition coefficient (Wildman–Crippen LogP) is 1.78. The molecule has 1 aromatic rings. The highest BCUT2D eigenvalue weighted by Crippen LogP contribution is 2.25. The molecule has 1 saturated heterocycles. The number of carbonyl (C=O) groups excluding carboxylic acids is 1. The number of nitrogens with two attached hydrogens (primary N) is 1. The molecule has 1 aromatic carbocycles. The molecular formula is C14H18F2N2O2. The van der Waals surface area contributed by atoms with Crippen LogP contribution in [-0.4, -0.2) is 35.1 Å². The van der Waals surface area contributed by atoms with E-state index in [0.717, 1.165) is 12.1 Å². The minimum absolute atomic E-state index is 0.120. The monoisotopic (exact) mass is 284 g/mol. The van der Waals surface area contributed by atoms with Gasteiger partial charge in [-0.3, -0.25) is 4.79 Å². The van der Waals surface area contributed by atoms with Gasteiger partial charge in [-0.25, -0.2) is 8.78 Å². The molecule has 0 radical (unpaired) electrons. The summed E-state index contributed by atoms with van der Waals surface area (Å²) in [4.78, 5) is 13.6. The number of piperidine rings is 1. The summed E-state index contributed by atoms with van der Waals surface area (Å²) >= 11 is 0. The lowest BCUT2D eigenvalue weighted by Gasteiger charge is -2.33. The van der Waals surface area contributed by atoms with Gasteiger partial charge in [-0.2, -0.15) is 0 Å².